The smallest absolute Gasteiger partial charge is 0.343 e. The molecule has 0 spiro atoms. The van der Waals surface area contributed by atoms with Gasteiger partial charge in [0.05, 0.1) is 18.0 Å². The second kappa shape index (κ2) is 12.4. The summed E-state index contributed by atoms with van der Waals surface area (Å²) >= 11 is 0. The topological polar surface area (TPSA) is 104 Å². The summed E-state index contributed by atoms with van der Waals surface area (Å²) in [5, 5.41) is 9.49. The SMILES string of the molecule is CCOC(=O)c1cn(-c2ccc(-c3cc4ncccn4n3)cc2)nc1N(CC1CCOCC1)C(=O)C1CCC(C)CC1. The van der Waals surface area contributed by atoms with Gasteiger partial charge in [0.2, 0.25) is 5.91 Å². The number of rotatable bonds is 8. The summed E-state index contributed by atoms with van der Waals surface area (Å²) in [6.45, 7) is 6.14. The molecule has 2 fully saturated rings. The third-order valence-corrected chi connectivity index (χ3v) is 8.52. The molecule has 1 aliphatic carbocycles. The van der Waals surface area contributed by atoms with Crippen LogP contribution in [0.4, 0.5) is 5.82 Å². The van der Waals surface area contributed by atoms with Gasteiger partial charge in [0.25, 0.3) is 0 Å². The van der Waals surface area contributed by atoms with Crippen LogP contribution in [0, 0.1) is 17.8 Å². The molecule has 6 rings (SSSR count). The van der Waals surface area contributed by atoms with Crippen LogP contribution in [0.15, 0.2) is 55.0 Å². The fourth-order valence-electron chi connectivity index (χ4n) is 6.00. The summed E-state index contributed by atoms with van der Waals surface area (Å²) in [5.41, 5.74) is 3.59. The Morgan fingerprint density at radius 2 is 1.81 bits per heavy atom. The van der Waals surface area contributed by atoms with Crippen molar-refractivity contribution in [2.45, 2.75) is 52.4 Å². The Bertz CT molecular complexity index is 1500. The van der Waals surface area contributed by atoms with Crippen molar-refractivity contribution in [1.29, 1.82) is 0 Å². The van der Waals surface area contributed by atoms with Gasteiger partial charge >= 0.3 is 5.97 Å². The van der Waals surface area contributed by atoms with E-state index < -0.39 is 5.97 Å². The lowest BCUT2D eigenvalue weighted by atomic mass is 9.82. The van der Waals surface area contributed by atoms with E-state index in [9.17, 15) is 9.59 Å². The number of anilines is 1. The van der Waals surface area contributed by atoms with E-state index in [2.05, 4.69) is 17.0 Å². The zero-order chi connectivity index (χ0) is 29.1. The van der Waals surface area contributed by atoms with Gasteiger partial charge in [-0.2, -0.15) is 5.10 Å². The molecule has 10 nitrogen and oxygen atoms in total. The lowest BCUT2D eigenvalue weighted by molar-refractivity contribution is -0.123. The van der Waals surface area contributed by atoms with Gasteiger partial charge in [-0.15, -0.1) is 5.10 Å². The van der Waals surface area contributed by atoms with E-state index in [1.165, 1.54) is 0 Å². The van der Waals surface area contributed by atoms with Crippen molar-refractivity contribution in [2.75, 3.05) is 31.3 Å². The Morgan fingerprint density at radius 1 is 1.05 bits per heavy atom. The average Bonchev–Trinajstić information content (AvgIpc) is 3.66. The number of aromatic nitrogens is 5. The van der Waals surface area contributed by atoms with Gasteiger partial charge in [0.15, 0.2) is 11.5 Å². The summed E-state index contributed by atoms with van der Waals surface area (Å²) in [7, 11) is 0. The lowest BCUT2D eigenvalue weighted by Crippen LogP contribution is -2.42. The first-order chi connectivity index (χ1) is 20.5. The summed E-state index contributed by atoms with van der Waals surface area (Å²) in [5.74, 6) is 0.797. The molecule has 1 aromatic carbocycles. The molecular weight excluding hydrogens is 532 g/mol. The molecule has 10 heteroatoms. The van der Waals surface area contributed by atoms with E-state index in [1.54, 1.807) is 33.4 Å². The Morgan fingerprint density at radius 3 is 2.52 bits per heavy atom. The fraction of sp³-hybridized carbons (Fsp3) is 0.469. The third-order valence-electron chi connectivity index (χ3n) is 8.52. The van der Waals surface area contributed by atoms with Crippen LogP contribution in [0.2, 0.25) is 0 Å². The van der Waals surface area contributed by atoms with Crippen LogP contribution in [0.3, 0.4) is 0 Å². The summed E-state index contributed by atoms with van der Waals surface area (Å²) in [4.78, 5) is 33.5. The third kappa shape index (κ3) is 5.94. The average molecular weight is 571 g/mol. The van der Waals surface area contributed by atoms with Gasteiger partial charge in [-0.1, -0.05) is 19.1 Å². The van der Waals surface area contributed by atoms with Gasteiger partial charge < -0.3 is 9.47 Å². The van der Waals surface area contributed by atoms with Gasteiger partial charge in [-0.25, -0.2) is 19.0 Å². The van der Waals surface area contributed by atoms with Gasteiger partial charge in [-0.3, -0.25) is 9.69 Å². The number of hydrogen-bond donors (Lipinski definition) is 0. The van der Waals surface area contributed by atoms with E-state index in [0.29, 0.717) is 37.1 Å². The van der Waals surface area contributed by atoms with Crippen LogP contribution in [0.25, 0.3) is 22.6 Å². The molecule has 0 atom stereocenters. The van der Waals surface area contributed by atoms with Crippen LogP contribution in [-0.2, 0) is 14.3 Å². The molecule has 1 amide bonds. The van der Waals surface area contributed by atoms with Crippen molar-refractivity contribution in [1.82, 2.24) is 24.4 Å². The normalized spacial score (nSPS) is 19.6. The van der Waals surface area contributed by atoms with Crippen LogP contribution in [0.1, 0.15) is 62.7 Å². The largest absolute Gasteiger partial charge is 0.462 e. The molecular formula is C32H38N6O4. The quantitative estimate of drug-likeness (QED) is 0.263. The molecule has 1 saturated heterocycles. The predicted molar refractivity (Wildman–Crippen MR) is 159 cm³/mol. The standard InChI is InChI=1S/C32H38N6O4/c1-3-42-32(40)27-21-38(26-11-9-24(10-12-26)28-19-29-33-15-4-16-37(29)34-28)35-30(27)36(20-23-13-17-41-18-14-23)31(39)25-7-5-22(2)6-8-25/h4,9-12,15-16,19,21-23,25H,3,5-8,13-14,17-18,20H2,1-2H3. The molecule has 0 radical (unpaired) electrons. The maximum Gasteiger partial charge on any atom is 0.343 e. The molecule has 42 heavy (non-hydrogen) atoms. The number of fused-ring (bicyclic) bond motifs is 1. The second-order valence-corrected chi connectivity index (χ2v) is 11.5. The summed E-state index contributed by atoms with van der Waals surface area (Å²) < 4.78 is 14.4. The molecule has 0 unspecified atom stereocenters. The van der Waals surface area contributed by atoms with Crippen molar-refractivity contribution in [3.8, 4) is 16.9 Å². The Hall–Kier alpha value is -4.05. The monoisotopic (exact) mass is 570 g/mol. The minimum atomic E-state index is -0.477. The molecule has 4 heterocycles. The summed E-state index contributed by atoms with van der Waals surface area (Å²) in [6.07, 6.45) is 10.8. The molecule has 1 saturated carbocycles. The molecule has 1 aliphatic heterocycles. The van der Waals surface area contributed by atoms with E-state index in [0.717, 1.165) is 61.1 Å². The number of benzene rings is 1. The highest BCUT2D eigenvalue weighted by Gasteiger charge is 2.34. The van der Waals surface area contributed by atoms with Crippen molar-refractivity contribution in [3.63, 3.8) is 0 Å². The molecule has 2 aliphatic rings. The van der Waals surface area contributed by atoms with Crippen LogP contribution >= 0.6 is 0 Å². The minimum Gasteiger partial charge on any atom is -0.462 e. The molecule has 3 aromatic heterocycles. The lowest BCUT2D eigenvalue weighted by Gasteiger charge is -2.33. The van der Waals surface area contributed by atoms with Crippen LogP contribution in [0.5, 0.6) is 0 Å². The van der Waals surface area contributed by atoms with E-state index >= 15 is 0 Å². The van der Waals surface area contributed by atoms with Gasteiger partial charge in [-0.05, 0) is 75.5 Å². The first-order valence-electron chi connectivity index (χ1n) is 15.1. The van der Waals surface area contributed by atoms with Crippen LogP contribution in [-0.4, -0.2) is 62.6 Å². The first-order valence-corrected chi connectivity index (χ1v) is 15.1. The predicted octanol–water partition coefficient (Wildman–Crippen LogP) is 5.34. The van der Waals surface area contributed by atoms with Crippen molar-refractivity contribution < 1.29 is 19.1 Å². The molecule has 4 aromatic rings. The number of carbonyl (C=O) groups is 2. The zero-order valence-corrected chi connectivity index (χ0v) is 24.3. The minimum absolute atomic E-state index is 0.0556. The van der Waals surface area contributed by atoms with Crippen molar-refractivity contribution in [3.05, 3.63) is 60.6 Å². The highest BCUT2D eigenvalue weighted by atomic mass is 16.5. The zero-order valence-electron chi connectivity index (χ0n) is 24.3. The molecule has 0 bridgehead atoms. The fourth-order valence-corrected chi connectivity index (χ4v) is 6.00. The Balaban J connectivity index is 1.34. The van der Waals surface area contributed by atoms with Gasteiger partial charge in [0, 0.05) is 55.9 Å². The number of amides is 1. The number of hydrogen-bond acceptors (Lipinski definition) is 7. The highest BCUT2D eigenvalue weighted by Crippen LogP contribution is 2.33. The number of carbonyl (C=O) groups excluding carboxylic acids is 2. The number of esters is 1. The highest BCUT2D eigenvalue weighted by molar-refractivity contribution is 6.02. The molecule has 0 N–H and O–H groups in total. The maximum absolute atomic E-state index is 14.1. The first kappa shape index (κ1) is 28.1. The second-order valence-electron chi connectivity index (χ2n) is 11.5. The van der Waals surface area contributed by atoms with E-state index in [-0.39, 0.29) is 24.3 Å². The number of ether oxygens (including phenoxy) is 2. The molecule has 220 valence electrons. The van der Waals surface area contributed by atoms with E-state index in [1.807, 2.05) is 42.6 Å². The van der Waals surface area contributed by atoms with Crippen molar-refractivity contribution >= 4 is 23.3 Å². The Labute approximate surface area is 245 Å². The van der Waals surface area contributed by atoms with E-state index in [4.69, 9.17) is 14.6 Å². The summed E-state index contributed by atoms with van der Waals surface area (Å²) in [6, 6.07) is 11.6. The van der Waals surface area contributed by atoms with Gasteiger partial charge in [0.1, 0.15) is 5.56 Å². The Kier molecular flexibility index (Phi) is 8.32. The maximum atomic E-state index is 14.1. The van der Waals surface area contributed by atoms with Crippen molar-refractivity contribution in [2.24, 2.45) is 17.8 Å². The van der Waals surface area contributed by atoms with Crippen LogP contribution < -0.4 is 4.90 Å². The number of nitrogens with zero attached hydrogens (tertiary/aromatic N) is 6.